The van der Waals surface area contributed by atoms with Crippen molar-refractivity contribution < 1.29 is 4.79 Å². The van der Waals surface area contributed by atoms with E-state index in [1.807, 2.05) is 38.1 Å². The van der Waals surface area contributed by atoms with Crippen LogP contribution in [-0.4, -0.2) is 12.5 Å². The lowest BCUT2D eigenvalue weighted by atomic mass is 10.0. The number of carbonyl (C=O) groups excluding carboxylic acids is 1. The van der Waals surface area contributed by atoms with Gasteiger partial charge >= 0.3 is 0 Å². The minimum absolute atomic E-state index is 0.0168. The first-order valence-electron chi connectivity index (χ1n) is 6.30. The van der Waals surface area contributed by atoms with Gasteiger partial charge in [-0.1, -0.05) is 35.0 Å². The first-order valence-corrected chi connectivity index (χ1v) is 7.09. The maximum Gasteiger partial charge on any atom is 0.223 e. The molecule has 0 aromatic heterocycles. The first kappa shape index (κ1) is 15.2. The molecule has 1 aromatic rings. The summed E-state index contributed by atoms with van der Waals surface area (Å²) in [6.07, 6.45) is 1.73. The lowest BCUT2D eigenvalue weighted by molar-refractivity contribution is -0.125. The van der Waals surface area contributed by atoms with Gasteiger partial charge in [-0.15, -0.1) is 0 Å². The molecule has 100 valence electrons. The number of nitrogens with two attached hydrogens (primary N) is 1. The Balaban J connectivity index is 2.54. The molecule has 1 unspecified atom stereocenters. The smallest absolute Gasteiger partial charge is 0.223 e. The number of nitrogens with one attached hydrogen (secondary N) is 1. The lowest BCUT2D eigenvalue weighted by Gasteiger charge is -2.18. The first-order chi connectivity index (χ1) is 8.54. The van der Waals surface area contributed by atoms with Crippen LogP contribution in [0.15, 0.2) is 28.7 Å². The molecule has 1 rings (SSSR count). The van der Waals surface area contributed by atoms with Crippen molar-refractivity contribution in [2.45, 2.75) is 32.7 Å². The van der Waals surface area contributed by atoms with Crippen molar-refractivity contribution in [1.29, 1.82) is 0 Å². The van der Waals surface area contributed by atoms with Crippen LogP contribution in [0.5, 0.6) is 0 Å². The molecule has 2 atom stereocenters. The largest absolute Gasteiger partial charge is 0.349 e. The van der Waals surface area contributed by atoms with E-state index >= 15 is 0 Å². The predicted octanol–water partition coefficient (Wildman–Crippen LogP) is 3.00. The fourth-order valence-electron chi connectivity index (χ4n) is 1.77. The molecule has 3 N–H and O–H groups in total. The Morgan fingerprint density at radius 2 is 2.17 bits per heavy atom. The fraction of sp³-hybridized carbons (Fsp3) is 0.500. The van der Waals surface area contributed by atoms with Crippen LogP contribution in [0.3, 0.4) is 0 Å². The lowest BCUT2D eigenvalue weighted by Crippen LogP contribution is -2.31. The molecule has 0 radical (unpaired) electrons. The number of benzene rings is 1. The van der Waals surface area contributed by atoms with Gasteiger partial charge in [0.25, 0.3) is 0 Å². The van der Waals surface area contributed by atoms with E-state index in [9.17, 15) is 4.79 Å². The Morgan fingerprint density at radius 3 is 2.78 bits per heavy atom. The van der Waals surface area contributed by atoms with E-state index in [4.69, 9.17) is 5.73 Å². The standard InChI is InChI=1S/C14H21BrN2O/c1-10(5-4-8-16)14(18)17-11(2)12-6-3-7-13(15)9-12/h3,6-7,9-11H,4-5,8,16H2,1-2H3,(H,17,18)/t10?,11-/m0/s1. The van der Waals surface area contributed by atoms with E-state index in [-0.39, 0.29) is 17.9 Å². The molecule has 0 fully saturated rings. The zero-order valence-corrected chi connectivity index (χ0v) is 12.5. The number of halogens is 1. The highest BCUT2D eigenvalue weighted by Crippen LogP contribution is 2.18. The summed E-state index contributed by atoms with van der Waals surface area (Å²) >= 11 is 3.43. The zero-order chi connectivity index (χ0) is 13.5. The number of hydrogen-bond donors (Lipinski definition) is 2. The van der Waals surface area contributed by atoms with Crippen LogP contribution in [0, 0.1) is 5.92 Å². The van der Waals surface area contributed by atoms with Gasteiger partial charge in [0.05, 0.1) is 6.04 Å². The maximum absolute atomic E-state index is 12.0. The quantitative estimate of drug-likeness (QED) is 0.848. The Hall–Kier alpha value is -0.870. The van der Waals surface area contributed by atoms with E-state index < -0.39 is 0 Å². The van der Waals surface area contributed by atoms with Crippen LogP contribution in [0.1, 0.15) is 38.3 Å². The molecule has 0 aliphatic heterocycles. The normalized spacial score (nSPS) is 14.0. The average Bonchev–Trinajstić information content (AvgIpc) is 2.35. The molecule has 0 saturated carbocycles. The SMILES string of the molecule is CC(CCCN)C(=O)N[C@@H](C)c1cccc(Br)c1. The molecular formula is C14H21BrN2O. The van der Waals surface area contributed by atoms with E-state index in [0.717, 1.165) is 22.9 Å². The molecule has 4 heteroatoms. The molecule has 1 aromatic carbocycles. The Labute approximate surface area is 117 Å². The topological polar surface area (TPSA) is 55.1 Å². The second kappa shape index (κ2) is 7.54. The van der Waals surface area contributed by atoms with E-state index in [0.29, 0.717) is 6.54 Å². The minimum Gasteiger partial charge on any atom is -0.349 e. The number of amides is 1. The molecule has 0 aliphatic rings. The number of rotatable bonds is 6. The summed E-state index contributed by atoms with van der Waals surface area (Å²) in [4.78, 5) is 12.0. The third-order valence-electron chi connectivity index (χ3n) is 3.00. The molecule has 0 heterocycles. The number of carbonyl (C=O) groups is 1. The average molecular weight is 313 g/mol. The summed E-state index contributed by atoms with van der Waals surface area (Å²) in [5.74, 6) is 0.110. The van der Waals surface area contributed by atoms with Crippen LogP contribution in [0.4, 0.5) is 0 Å². The minimum atomic E-state index is 0.0168. The Morgan fingerprint density at radius 1 is 1.44 bits per heavy atom. The van der Waals surface area contributed by atoms with Gasteiger partial charge in [-0.3, -0.25) is 4.79 Å². The van der Waals surface area contributed by atoms with Crippen LogP contribution in [0.25, 0.3) is 0 Å². The van der Waals surface area contributed by atoms with Gasteiger partial charge in [-0.2, -0.15) is 0 Å². The monoisotopic (exact) mass is 312 g/mol. The van der Waals surface area contributed by atoms with Gasteiger partial charge in [0.15, 0.2) is 0 Å². The molecule has 0 saturated heterocycles. The summed E-state index contributed by atoms with van der Waals surface area (Å²) in [5.41, 5.74) is 6.55. The summed E-state index contributed by atoms with van der Waals surface area (Å²) < 4.78 is 1.03. The molecule has 18 heavy (non-hydrogen) atoms. The summed E-state index contributed by atoms with van der Waals surface area (Å²) in [5, 5.41) is 3.03. The van der Waals surface area contributed by atoms with E-state index in [2.05, 4.69) is 21.2 Å². The van der Waals surface area contributed by atoms with Crippen LogP contribution >= 0.6 is 15.9 Å². The highest BCUT2D eigenvalue weighted by atomic mass is 79.9. The van der Waals surface area contributed by atoms with Crippen LogP contribution < -0.4 is 11.1 Å². The fourth-order valence-corrected chi connectivity index (χ4v) is 2.19. The van der Waals surface area contributed by atoms with Crippen LogP contribution in [0.2, 0.25) is 0 Å². The summed E-state index contributed by atoms with van der Waals surface area (Å²) in [6, 6.07) is 8.01. The maximum atomic E-state index is 12.0. The predicted molar refractivity (Wildman–Crippen MR) is 78.2 cm³/mol. The molecule has 1 amide bonds. The summed E-state index contributed by atoms with van der Waals surface area (Å²) in [6.45, 7) is 4.58. The van der Waals surface area contributed by atoms with Crippen molar-refractivity contribution in [2.75, 3.05) is 6.54 Å². The Bertz CT molecular complexity index is 395. The molecular weight excluding hydrogens is 292 g/mol. The second-order valence-corrected chi connectivity index (χ2v) is 5.53. The van der Waals surface area contributed by atoms with Crippen molar-refractivity contribution in [3.8, 4) is 0 Å². The molecule has 0 spiro atoms. The van der Waals surface area contributed by atoms with Gasteiger partial charge in [-0.25, -0.2) is 0 Å². The van der Waals surface area contributed by atoms with Crippen molar-refractivity contribution in [3.05, 3.63) is 34.3 Å². The number of hydrogen-bond acceptors (Lipinski definition) is 2. The Kier molecular flexibility index (Phi) is 6.36. The zero-order valence-electron chi connectivity index (χ0n) is 10.9. The van der Waals surface area contributed by atoms with Crippen LogP contribution in [-0.2, 0) is 4.79 Å². The van der Waals surface area contributed by atoms with Gasteiger partial charge in [0, 0.05) is 10.4 Å². The van der Waals surface area contributed by atoms with Crippen molar-refractivity contribution >= 4 is 21.8 Å². The highest BCUT2D eigenvalue weighted by molar-refractivity contribution is 9.10. The second-order valence-electron chi connectivity index (χ2n) is 4.62. The van der Waals surface area contributed by atoms with Crippen molar-refractivity contribution in [1.82, 2.24) is 5.32 Å². The highest BCUT2D eigenvalue weighted by Gasteiger charge is 2.15. The van der Waals surface area contributed by atoms with Crippen molar-refractivity contribution in [2.24, 2.45) is 11.7 Å². The third-order valence-corrected chi connectivity index (χ3v) is 3.49. The molecule has 0 aliphatic carbocycles. The van der Waals surface area contributed by atoms with Gasteiger partial charge in [0.1, 0.15) is 0 Å². The third kappa shape index (κ3) is 4.78. The van der Waals surface area contributed by atoms with E-state index in [1.165, 1.54) is 0 Å². The van der Waals surface area contributed by atoms with Crippen molar-refractivity contribution in [3.63, 3.8) is 0 Å². The molecule has 0 bridgehead atoms. The summed E-state index contributed by atoms with van der Waals surface area (Å²) in [7, 11) is 0. The molecule has 3 nitrogen and oxygen atoms in total. The van der Waals surface area contributed by atoms with Gasteiger partial charge < -0.3 is 11.1 Å². The van der Waals surface area contributed by atoms with Gasteiger partial charge in [0.2, 0.25) is 5.91 Å². The van der Waals surface area contributed by atoms with E-state index in [1.54, 1.807) is 0 Å². The van der Waals surface area contributed by atoms with Gasteiger partial charge in [-0.05, 0) is 44.0 Å².